The Labute approximate surface area is 99.6 Å². The van der Waals surface area contributed by atoms with Crippen molar-refractivity contribution >= 4 is 21.9 Å². The van der Waals surface area contributed by atoms with Crippen LogP contribution in [0.15, 0.2) is 20.3 Å². The van der Waals surface area contributed by atoms with E-state index in [1.54, 1.807) is 6.92 Å². The van der Waals surface area contributed by atoms with E-state index in [4.69, 9.17) is 0 Å². The Kier molecular flexibility index (Phi) is 4.05. The largest absolute Gasteiger partial charge is 0.468 e. The topological polar surface area (TPSA) is 70.3 Å². The summed E-state index contributed by atoms with van der Waals surface area (Å²) in [6.07, 6.45) is 1.29. The van der Waals surface area contributed by atoms with Crippen LogP contribution in [0.1, 0.15) is 6.92 Å². The molecule has 1 rings (SSSR count). The third-order valence-electron chi connectivity index (χ3n) is 2.04. The average molecular weight is 291 g/mol. The van der Waals surface area contributed by atoms with Crippen LogP contribution in [0.4, 0.5) is 0 Å². The number of rotatable bonds is 3. The third-order valence-corrected chi connectivity index (χ3v) is 2.58. The van der Waals surface area contributed by atoms with Crippen LogP contribution in [-0.2, 0) is 22.6 Å². The second kappa shape index (κ2) is 5.11. The zero-order valence-electron chi connectivity index (χ0n) is 8.90. The number of methoxy groups -OCH3 is 1. The average Bonchev–Trinajstić information content (AvgIpc) is 2.26. The predicted molar refractivity (Wildman–Crippen MR) is 60.4 cm³/mol. The molecular formula is C9H11BrN2O4. The Balaban J connectivity index is 3.32. The van der Waals surface area contributed by atoms with Gasteiger partial charge in [0, 0.05) is 12.7 Å². The van der Waals surface area contributed by atoms with Crippen LogP contribution in [-0.4, -0.2) is 22.2 Å². The summed E-state index contributed by atoms with van der Waals surface area (Å²) in [7, 11) is 1.23. The second-order valence-electron chi connectivity index (χ2n) is 3.01. The van der Waals surface area contributed by atoms with Crippen LogP contribution < -0.4 is 11.2 Å². The summed E-state index contributed by atoms with van der Waals surface area (Å²) in [5, 5.41) is 0. The molecule has 16 heavy (non-hydrogen) atoms. The van der Waals surface area contributed by atoms with E-state index in [0.717, 1.165) is 9.13 Å². The van der Waals surface area contributed by atoms with E-state index in [9.17, 15) is 14.4 Å². The van der Waals surface area contributed by atoms with Crippen molar-refractivity contribution in [1.29, 1.82) is 0 Å². The molecule has 0 atom stereocenters. The molecule has 1 aromatic heterocycles. The standard InChI is InChI=1S/C9H11BrN2O4/c1-3-12-8(14)6(10)4-11(9(12)15)5-7(13)16-2/h4H,3,5H2,1-2H3. The van der Waals surface area contributed by atoms with E-state index in [-0.39, 0.29) is 17.6 Å². The molecule has 0 saturated carbocycles. The zero-order chi connectivity index (χ0) is 12.3. The first-order valence-electron chi connectivity index (χ1n) is 4.57. The van der Waals surface area contributed by atoms with Crippen molar-refractivity contribution in [2.45, 2.75) is 20.0 Å². The summed E-state index contributed by atoms with van der Waals surface area (Å²) in [5.41, 5.74) is -0.935. The van der Waals surface area contributed by atoms with Gasteiger partial charge < -0.3 is 4.74 Å². The molecule has 0 N–H and O–H groups in total. The first-order chi connectivity index (χ1) is 7.51. The van der Waals surface area contributed by atoms with Gasteiger partial charge in [-0.2, -0.15) is 0 Å². The Morgan fingerprint density at radius 1 is 1.50 bits per heavy atom. The highest BCUT2D eigenvalue weighted by molar-refractivity contribution is 9.10. The molecule has 7 heteroatoms. The van der Waals surface area contributed by atoms with Crippen LogP contribution in [0.25, 0.3) is 0 Å². The van der Waals surface area contributed by atoms with Gasteiger partial charge in [0.05, 0.1) is 11.6 Å². The van der Waals surface area contributed by atoms with Gasteiger partial charge in [-0.25, -0.2) is 4.79 Å². The van der Waals surface area contributed by atoms with Gasteiger partial charge in [0.15, 0.2) is 0 Å². The molecule has 1 heterocycles. The Morgan fingerprint density at radius 3 is 2.62 bits per heavy atom. The van der Waals surface area contributed by atoms with E-state index >= 15 is 0 Å². The molecule has 88 valence electrons. The van der Waals surface area contributed by atoms with E-state index in [1.807, 2.05) is 0 Å². The Morgan fingerprint density at radius 2 is 2.12 bits per heavy atom. The van der Waals surface area contributed by atoms with Gasteiger partial charge in [-0.15, -0.1) is 0 Å². The van der Waals surface area contributed by atoms with Crippen molar-refractivity contribution < 1.29 is 9.53 Å². The molecule has 0 aliphatic rings. The van der Waals surface area contributed by atoms with Gasteiger partial charge in [-0.3, -0.25) is 18.7 Å². The molecular weight excluding hydrogens is 280 g/mol. The summed E-state index contributed by atoms with van der Waals surface area (Å²) in [6, 6.07) is 0. The van der Waals surface area contributed by atoms with Gasteiger partial charge >= 0.3 is 11.7 Å². The lowest BCUT2D eigenvalue weighted by atomic mass is 10.5. The fourth-order valence-corrected chi connectivity index (χ4v) is 1.68. The number of hydrogen-bond acceptors (Lipinski definition) is 4. The number of hydrogen-bond donors (Lipinski definition) is 0. The number of carbonyl (C=O) groups is 1. The maximum Gasteiger partial charge on any atom is 0.331 e. The van der Waals surface area contributed by atoms with Crippen LogP contribution in [0.2, 0.25) is 0 Å². The Hall–Kier alpha value is -1.37. The van der Waals surface area contributed by atoms with Crippen molar-refractivity contribution in [2.24, 2.45) is 0 Å². The van der Waals surface area contributed by atoms with Crippen LogP contribution in [0.3, 0.4) is 0 Å². The normalized spacial score (nSPS) is 10.2. The number of carbonyl (C=O) groups excluding carboxylic acids is 1. The zero-order valence-corrected chi connectivity index (χ0v) is 10.5. The molecule has 0 spiro atoms. The summed E-state index contributed by atoms with van der Waals surface area (Å²) in [4.78, 5) is 34.3. The second-order valence-corrected chi connectivity index (χ2v) is 3.87. The molecule has 0 bridgehead atoms. The number of nitrogens with zero attached hydrogens (tertiary/aromatic N) is 2. The molecule has 0 aliphatic heterocycles. The monoisotopic (exact) mass is 290 g/mol. The van der Waals surface area contributed by atoms with Crippen molar-refractivity contribution in [3.8, 4) is 0 Å². The third kappa shape index (κ3) is 2.41. The lowest BCUT2D eigenvalue weighted by Gasteiger charge is -2.08. The maximum absolute atomic E-state index is 11.7. The molecule has 0 aromatic carbocycles. The summed E-state index contributed by atoms with van der Waals surface area (Å²) < 4.78 is 6.85. The minimum absolute atomic E-state index is 0.214. The van der Waals surface area contributed by atoms with Gasteiger partial charge in [0.25, 0.3) is 5.56 Å². The van der Waals surface area contributed by atoms with Crippen LogP contribution in [0, 0.1) is 0 Å². The van der Waals surface area contributed by atoms with Gasteiger partial charge in [0.1, 0.15) is 6.54 Å². The molecule has 0 saturated heterocycles. The predicted octanol–water partition coefficient (Wildman–Crippen LogP) is -0.0346. The van der Waals surface area contributed by atoms with E-state index in [2.05, 4.69) is 20.7 Å². The SMILES string of the molecule is CCn1c(=O)c(Br)cn(CC(=O)OC)c1=O. The molecule has 0 unspecified atom stereocenters. The lowest BCUT2D eigenvalue weighted by molar-refractivity contribution is -0.141. The summed E-state index contributed by atoms with van der Waals surface area (Å²) in [5.74, 6) is -0.546. The molecule has 1 aromatic rings. The quantitative estimate of drug-likeness (QED) is 0.733. The van der Waals surface area contributed by atoms with Gasteiger partial charge in [-0.05, 0) is 22.9 Å². The molecule has 6 nitrogen and oxygen atoms in total. The Bertz CT molecular complexity index is 517. The number of aromatic nitrogens is 2. The first-order valence-corrected chi connectivity index (χ1v) is 5.37. The number of ether oxygens (including phenoxy) is 1. The molecule has 0 fully saturated rings. The van der Waals surface area contributed by atoms with E-state index in [0.29, 0.717) is 0 Å². The maximum atomic E-state index is 11.7. The van der Waals surface area contributed by atoms with E-state index < -0.39 is 17.2 Å². The highest BCUT2D eigenvalue weighted by atomic mass is 79.9. The lowest BCUT2D eigenvalue weighted by Crippen LogP contribution is -2.40. The molecule has 0 aliphatic carbocycles. The van der Waals surface area contributed by atoms with E-state index in [1.165, 1.54) is 13.3 Å². The number of halogens is 1. The van der Waals surface area contributed by atoms with Gasteiger partial charge in [-0.1, -0.05) is 0 Å². The van der Waals surface area contributed by atoms with Gasteiger partial charge in [0.2, 0.25) is 0 Å². The first kappa shape index (κ1) is 12.7. The van der Waals surface area contributed by atoms with Crippen molar-refractivity contribution in [3.05, 3.63) is 31.5 Å². The minimum atomic E-state index is -0.546. The smallest absolute Gasteiger partial charge is 0.331 e. The van der Waals surface area contributed by atoms with Crippen LogP contribution >= 0.6 is 15.9 Å². The molecule has 0 radical (unpaired) electrons. The van der Waals surface area contributed by atoms with Crippen molar-refractivity contribution in [1.82, 2.24) is 9.13 Å². The minimum Gasteiger partial charge on any atom is -0.468 e. The fraction of sp³-hybridized carbons (Fsp3) is 0.444. The molecule has 0 amide bonds. The summed E-state index contributed by atoms with van der Waals surface area (Å²) >= 11 is 3.04. The van der Waals surface area contributed by atoms with Crippen LogP contribution in [0.5, 0.6) is 0 Å². The van der Waals surface area contributed by atoms with Crippen molar-refractivity contribution in [3.63, 3.8) is 0 Å². The number of esters is 1. The fourth-order valence-electron chi connectivity index (χ4n) is 1.21. The summed E-state index contributed by atoms with van der Waals surface area (Å²) in [6.45, 7) is 1.71. The van der Waals surface area contributed by atoms with Crippen molar-refractivity contribution in [2.75, 3.05) is 7.11 Å². The highest BCUT2D eigenvalue weighted by Gasteiger charge is 2.10. The highest BCUT2D eigenvalue weighted by Crippen LogP contribution is 1.99.